The second-order valence-corrected chi connectivity index (χ2v) is 6.91. The van der Waals surface area contributed by atoms with E-state index >= 15 is 0 Å². The lowest BCUT2D eigenvalue weighted by atomic mass is 10.1. The third kappa shape index (κ3) is 3.48. The minimum absolute atomic E-state index is 0.138. The normalized spacial score (nSPS) is 15.5. The Morgan fingerprint density at radius 2 is 1.86 bits per heavy atom. The number of ether oxygens (including phenoxy) is 1. The summed E-state index contributed by atoms with van der Waals surface area (Å²) >= 11 is 1.38. The number of rotatable bonds is 3. The molecule has 1 atom stereocenters. The van der Waals surface area contributed by atoms with Gasteiger partial charge in [-0.25, -0.2) is 0 Å². The summed E-state index contributed by atoms with van der Waals surface area (Å²) in [5, 5.41) is 8.97. The zero-order valence-electron chi connectivity index (χ0n) is 15.4. The fourth-order valence-corrected chi connectivity index (χ4v) is 3.35. The third-order valence-corrected chi connectivity index (χ3v) is 4.85. The lowest BCUT2D eigenvalue weighted by molar-refractivity contribution is -0.117. The number of hydrogen-bond donors (Lipinski definition) is 0. The van der Waals surface area contributed by atoms with Crippen LogP contribution in [0.3, 0.4) is 0 Å². The lowest BCUT2D eigenvalue weighted by Crippen LogP contribution is -2.41. The van der Waals surface area contributed by atoms with Gasteiger partial charge in [-0.2, -0.15) is 4.98 Å². The smallest absolute Gasteiger partial charge is 0.247 e. The molecule has 1 aliphatic rings. The Morgan fingerprint density at radius 1 is 1.11 bits per heavy atom. The number of fused-ring (bicyclic) bond motifs is 3. The average molecular weight is 390 g/mol. The van der Waals surface area contributed by atoms with E-state index < -0.39 is 6.23 Å². The molecule has 1 aromatic heterocycles. The minimum atomic E-state index is -0.661. The van der Waals surface area contributed by atoms with Gasteiger partial charge < -0.3 is 4.74 Å². The first kappa shape index (κ1) is 18.2. The highest BCUT2D eigenvalue weighted by molar-refractivity contribution is 7.98. The second kappa shape index (κ2) is 7.82. The summed E-state index contributed by atoms with van der Waals surface area (Å²) < 4.78 is 6.17. The number of carbonyl (C=O) groups is 1. The SMILES string of the molecule is CSc1nnc2c(n1)OC(/C=C/c1ccccc1)N(C(C)=O)c1ccccc1-2. The number of anilines is 1. The Morgan fingerprint density at radius 3 is 2.61 bits per heavy atom. The molecule has 3 aromatic rings. The van der Waals surface area contributed by atoms with Crippen LogP contribution in [-0.4, -0.2) is 33.6 Å². The molecule has 0 saturated heterocycles. The summed E-state index contributed by atoms with van der Waals surface area (Å²) in [6.07, 6.45) is 5.00. The van der Waals surface area contributed by atoms with Gasteiger partial charge >= 0.3 is 0 Å². The molecular formula is C21H18N4O2S. The van der Waals surface area contributed by atoms with Crippen molar-refractivity contribution in [2.75, 3.05) is 11.2 Å². The Kier molecular flexibility index (Phi) is 5.08. The topological polar surface area (TPSA) is 68.2 Å². The van der Waals surface area contributed by atoms with E-state index in [1.807, 2.05) is 73.0 Å². The van der Waals surface area contributed by atoms with Gasteiger partial charge in [0.05, 0.1) is 5.69 Å². The maximum atomic E-state index is 12.6. The Hall–Kier alpha value is -3.19. The third-order valence-electron chi connectivity index (χ3n) is 4.32. The van der Waals surface area contributed by atoms with E-state index in [9.17, 15) is 4.79 Å². The highest BCUT2D eigenvalue weighted by Gasteiger charge is 2.31. The molecule has 0 bridgehead atoms. The van der Waals surface area contributed by atoms with Crippen LogP contribution in [0.25, 0.3) is 17.3 Å². The highest BCUT2D eigenvalue weighted by atomic mass is 32.2. The summed E-state index contributed by atoms with van der Waals surface area (Å²) in [5.41, 5.74) is 3.01. The zero-order valence-corrected chi connectivity index (χ0v) is 16.3. The average Bonchev–Trinajstić information content (AvgIpc) is 2.86. The molecule has 0 fully saturated rings. The first-order valence-corrected chi connectivity index (χ1v) is 9.97. The van der Waals surface area contributed by atoms with E-state index in [2.05, 4.69) is 15.2 Å². The molecule has 6 nitrogen and oxygen atoms in total. The van der Waals surface area contributed by atoms with Crippen molar-refractivity contribution in [1.82, 2.24) is 15.2 Å². The summed E-state index contributed by atoms with van der Waals surface area (Å²) in [7, 11) is 0. The fourth-order valence-electron chi connectivity index (χ4n) is 3.06. The van der Waals surface area contributed by atoms with Crippen molar-refractivity contribution in [2.24, 2.45) is 0 Å². The van der Waals surface area contributed by atoms with Gasteiger partial charge in [-0.1, -0.05) is 66.4 Å². The van der Waals surface area contributed by atoms with Crippen molar-refractivity contribution >= 4 is 29.4 Å². The molecule has 28 heavy (non-hydrogen) atoms. The first-order chi connectivity index (χ1) is 13.7. The predicted octanol–water partition coefficient (Wildman–Crippen LogP) is 4.05. The van der Waals surface area contributed by atoms with Crippen molar-refractivity contribution < 1.29 is 9.53 Å². The highest BCUT2D eigenvalue weighted by Crippen LogP contribution is 2.39. The quantitative estimate of drug-likeness (QED) is 0.629. The molecule has 0 N–H and O–H groups in total. The van der Waals surface area contributed by atoms with Gasteiger partial charge in [-0.3, -0.25) is 9.69 Å². The number of thioether (sulfide) groups is 1. The van der Waals surface area contributed by atoms with Crippen LogP contribution < -0.4 is 9.64 Å². The minimum Gasteiger partial charge on any atom is -0.448 e. The molecule has 1 aliphatic heterocycles. The van der Waals surface area contributed by atoms with Crippen molar-refractivity contribution in [3.8, 4) is 17.1 Å². The molecule has 4 rings (SSSR count). The molecule has 2 heterocycles. The van der Waals surface area contributed by atoms with Crippen LogP contribution in [0.5, 0.6) is 5.88 Å². The maximum absolute atomic E-state index is 12.6. The standard InChI is InChI=1S/C21H18N4O2S/c1-14(26)25-17-11-7-6-10-16(17)19-20(22-21(28-2)24-23-19)27-18(25)13-12-15-8-4-3-5-9-15/h3-13,18H,1-2H3/b13-12+. The van der Waals surface area contributed by atoms with Crippen LogP contribution >= 0.6 is 11.8 Å². The number of para-hydroxylation sites is 1. The number of aromatic nitrogens is 3. The van der Waals surface area contributed by atoms with Crippen molar-refractivity contribution in [3.63, 3.8) is 0 Å². The zero-order chi connectivity index (χ0) is 19.5. The number of carbonyl (C=O) groups excluding carboxylic acids is 1. The van der Waals surface area contributed by atoms with Gasteiger partial charge in [0, 0.05) is 12.5 Å². The van der Waals surface area contributed by atoms with Crippen LogP contribution in [0.2, 0.25) is 0 Å². The van der Waals surface area contributed by atoms with Crippen molar-refractivity contribution in [1.29, 1.82) is 0 Å². The van der Waals surface area contributed by atoms with Crippen LogP contribution in [-0.2, 0) is 4.79 Å². The molecule has 0 saturated carbocycles. The summed E-state index contributed by atoms with van der Waals surface area (Å²) in [4.78, 5) is 18.7. The van der Waals surface area contributed by atoms with E-state index in [0.29, 0.717) is 22.4 Å². The number of hydrogen-bond acceptors (Lipinski definition) is 6. The Balaban J connectivity index is 1.86. The first-order valence-electron chi connectivity index (χ1n) is 8.75. The van der Waals surface area contributed by atoms with Gasteiger partial charge in [0.1, 0.15) is 0 Å². The van der Waals surface area contributed by atoms with E-state index in [-0.39, 0.29) is 5.91 Å². The van der Waals surface area contributed by atoms with E-state index in [0.717, 1.165) is 11.1 Å². The molecule has 1 amide bonds. The Bertz CT molecular complexity index is 1040. The summed E-state index contributed by atoms with van der Waals surface area (Å²) in [6.45, 7) is 1.52. The van der Waals surface area contributed by atoms with Gasteiger partial charge in [0.15, 0.2) is 11.9 Å². The van der Waals surface area contributed by atoms with E-state index in [1.165, 1.54) is 18.7 Å². The Labute approximate surface area is 167 Å². The van der Waals surface area contributed by atoms with Crippen molar-refractivity contribution in [3.05, 3.63) is 66.2 Å². The molecule has 0 radical (unpaired) electrons. The van der Waals surface area contributed by atoms with Crippen LogP contribution in [0.15, 0.2) is 65.8 Å². The maximum Gasteiger partial charge on any atom is 0.247 e. The number of benzene rings is 2. The molecule has 140 valence electrons. The summed E-state index contributed by atoms with van der Waals surface area (Å²) in [5.74, 6) is 0.222. The molecule has 0 spiro atoms. The lowest BCUT2D eigenvalue weighted by Gasteiger charge is -2.27. The van der Waals surface area contributed by atoms with Crippen LogP contribution in [0, 0.1) is 0 Å². The number of amides is 1. The van der Waals surface area contributed by atoms with Crippen LogP contribution in [0.4, 0.5) is 5.69 Å². The number of nitrogens with zero attached hydrogens (tertiary/aromatic N) is 4. The van der Waals surface area contributed by atoms with E-state index in [1.54, 1.807) is 4.90 Å². The largest absolute Gasteiger partial charge is 0.448 e. The molecule has 2 aromatic carbocycles. The summed E-state index contributed by atoms with van der Waals surface area (Å²) in [6, 6.07) is 17.4. The van der Waals surface area contributed by atoms with Gasteiger partial charge in [0.25, 0.3) is 0 Å². The van der Waals surface area contributed by atoms with Gasteiger partial charge in [0.2, 0.25) is 16.9 Å². The molecule has 0 aliphatic carbocycles. The van der Waals surface area contributed by atoms with Gasteiger partial charge in [-0.05, 0) is 24.0 Å². The monoisotopic (exact) mass is 390 g/mol. The van der Waals surface area contributed by atoms with Crippen LogP contribution in [0.1, 0.15) is 12.5 Å². The van der Waals surface area contributed by atoms with Gasteiger partial charge in [-0.15, -0.1) is 10.2 Å². The fraction of sp³-hybridized carbons (Fsp3) is 0.143. The van der Waals surface area contributed by atoms with Crippen molar-refractivity contribution in [2.45, 2.75) is 18.3 Å². The molecule has 7 heteroatoms. The second-order valence-electron chi connectivity index (χ2n) is 6.14. The molecule has 1 unspecified atom stereocenters. The molecular weight excluding hydrogens is 372 g/mol. The predicted molar refractivity (Wildman–Crippen MR) is 110 cm³/mol. The van der Waals surface area contributed by atoms with E-state index in [4.69, 9.17) is 4.74 Å².